The van der Waals surface area contributed by atoms with Gasteiger partial charge in [0.05, 0.1) is 0 Å². The number of imidazole rings is 1. The Morgan fingerprint density at radius 3 is 2.78 bits per heavy atom. The molecule has 1 saturated heterocycles. The van der Waals surface area contributed by atoms with Gasteiger partial charge >= 0.3 is 0 Å². The van der Waals surface area contributed by atoms with Crippen molar-refractivity contribution in [2.24, 2.45) is 0 Å². The van der Waals surface area contributed by atoms with Crippen LogP contribution in [-0.2, 0) is 4.79 Å². The van der Waals surface area contributed by atoms with E-state index in [1.165, 1.54) is 6.07 Å². The highest BCUT2D eigenvalue weighted by atomic mass is 19.1. The number of hydrogen-bond donors (Lipinski definition) is 1. The van der Waals surface area contributed by atoms with Gasteiger partial charge in [-0.1, -0.05) is 24.8 Å². The number of hydrogen-bond acceptors (Lipinski definition) is 6. The van der Waals surface area contributed by atoms with Crippen molar-refractivity contribution in [2.45, 2.75) is 18.8 Å². The smallest absolute Gasteiger partial charge is 0.263 e. The number of carbonyl (C=O) groups excluding carboxylic acids is 1. The van der Waals surface area contributed by atoms with Gasteiger partial charge in [0.15, 0.2) is 0 Å². The lowest BCUT2D eigenvalue weighted by Crippen LogP contribution is -2.40. The Hall–Kier alpha value is -4.71. The van der Waals surface area contributed by atoms with Crippen molar-refractivity contribution in [3.63, 3.8) is 0 Å². The highest BCUT2D eigenvalue weighted by Crippen LogP contribution is 2.36. The summed E-state index contributed by atoms with van der Waals surface area (Å²) in [7, 11) is 0. The molecule has 8 nitrogen and oxygen atoms in total. The summed E-state index contributed by atoms with van der Waals surface area (Å²) in [5.41, 5.74) is 7.24. The van der Waals surface area contributed by atoms with Crippen molar-refractivity contribution in [3.05, 3.63) is 84.7 Å². The number of benzene rings is 2. The van der Waals surface area contributed by atoms with Crippen molar-refractivity contribution < 1.29 is 13.9 Å². The summed E-state index contributed by atoms with van der Waals surface area (Å²) in [6, 6.07) is 15.6. The van der Waals surface area contributed by atoms with Crippen LogP contribution in [0.25, 0.3) is 16.8 Å². The van der Waals surface area contributed by atoms with Gasteiger partial charge in [-0.15, -0.1) is 0 Å². The molecule has 180 valence electrons. The first-order chi connectivity index (χ1) is 17.5. The number of piperidine rings is 1. The lowest BCUT2D eigenvalue weighted by molar-refractivity contribution is -0.127. The summed E-state index contributed by atoms with van der Waals surface area (Å²) in [5, 5.41) is 9.07. The number of nitrogens with zero attached hydrogens (tertiary/aromatic N) is 5. The minimum atomic E-state index is -0.510. The van der Waals surface area contributed by atoms with Gasteiger partial charge in [0.25, 0.3) is 5.91 Å². The molecule has 1 amide bonds. The largest absolute Gasteiger partial charge is 0.457 e. The number of fused-ring (bicyclic) bond motifs is 1. The zero-order valence-corrected chi connectivity index (χ0v) is 19.4. The van der Waals surface area contributed by atoms with Crippen molar-refractivity contribution in [1.82, 2.24) is 19.3 Å². The molecule has 2 aromatic heterocycles. The minimum absolute atomic E-state index is 0.0994. The Morgan fingerprint density at radius 1 is 1.22 bits per heavy atom. The topological polar surface area (TPSA) is 110 Å². The van der Waals surface area contributed by atoms with E-state index in [0.717, 1.165) is 12.8 Å². The first kappa shape index (κ1) is 23.1. The predicted molar refractivity (Wildman–Crippen MR) is 133 cm³/mol. The quantitative estimate of drug-likeness (QED) is 0.326. The van der Waals surface area contributed by atoms with Gasteiger partial charge in [0.1, 0.15) is 51.8 Å². The fourth-order valence-corrected chi connectivity index (χ4v) is 4.55. The summed E-state index contributed by atoms with van der Waals surface area (Å²) < 4.78 is 22.9. The number of halogens is 1. The summed E-state index contributed by atoms with van der Waals surface area (Å²) in [6.07, 6.45) is 4.81. The zero-order chi connectivity index (χ0) is 25.2. The van der Waals surface area contributed by atoms with Crippen LogP contribution in [0.5, 0.6) is 11.5 Å². The molecule has 1 atom stereocenters. The Balaban J connectivity index is 1.52. The molecule has 1 fully saturated rings. The average molecular weight is 483 g/mol. The number of rotatable bonds is 5. The van der Waals surface area contributed by atoms with Crippen LogP contribution >= 0.6 is 0 Å². The van der Waals surface area contributed by atoms with Crippen LogP contribution in [0, 0.1) is 17.1 Å². The van der Waals surface area contributed by atoms with Crippen molar-refractivity contribution >= 4 is 17.2 Å². The van der Waals surface area contributed by atoms with E-state index in [-0.39, 0.29) is 28.8 Å². The number of para-hydroxylation sites is 1. The standard InChI is InChI=1S/C27H23FN6O2/c1-17(15-29)27(35)33-12-5-6-18(16-33)26-32-23(24-25(30)31-11-13-34(24)26)21-10-9-20(14-22(21)28)36-19-7-3-2-4-8-19/h2-4,7-11,13-14,18H,1,5-6,12,16H2,(H2,30,31)/t18-/m1/s1. The first-order valence-electron chi connectivity index (χ1n) is 11.5. The van der Waals surface area contributed by atoms with E-state index >= 15 is 4.39 Å². The highest BCUT2D eigenvalue weighted by molar-refractivity contribution is 5.96. The third-order valence-electron chi connectivity index (χ3n) is 6.25. The Labute approximate surface area is 207 Å². The second-order valence-corrected chi connectivity index (χ2v) is 8.59. The van der Waals surface area contributed by atoms with Crippen LogP contribution in [0.15, 0.2) is 73.1 Å². The number of nitriles is 1. The lowest BCUT2D eigenvalue weighted by Gasteiger charge is -2.32. The molecule has 0 bridgehead atoms. The number of carbonyl (C=O) groups is 1. The summed E-state index contributed by atoms with van der Waals surface area (Å²) in [4.78, 5) is 23.2. The molecule has 0 radical (unpaired) electrons. The molecule has 1 aliphatic heterocycles. The Kier molecular flexibility index (Phi) is 6.09. The molecular weight excluding hydrogens is 459 g/mol. The van der Waals surface area contributed by atoms with Crippen molar-refractivity contribution in [3.8, 4) is 28.8 Å². The van der Waals surface area contributed by atoms with Crippen LogP contribution in [0.2, 0.25) is 0 Å². The molecule has 9 heteroatoms. The molecule has 2 N–H and O–H groups in total. The van der Waals surface area contributed by atoms with E-state index in [2.05, 4.69) is 11.6 Å². The van der Waals surface area contributed by atoms with E-state index in [0.29, 0.717) is 41.6 Å². The van der Waals surface area contributed by atoms with Crippen LogP contribution < -0.4 is 10.5 Å². The molecule has 4 aromatic rings. The second-order valence-electron chi connectivity index (χ2n) is 8.59. The summed E-state index contributed by atoms with van der Waals surface area (Å²) in [5.74, 6) is 0.796. The van der Waals surface area contributed by atoms with Gasteiger partial charge in [0, 0.05) is 43.0 Å². The van der Waals surface area contributed by atoms with Gasteiger partial charge in [-0.25, -0.2) is 14.4 Å². The Bertz CT molecular complexity index is 1510. The normalized spacial score (nSPS) is 15.4. The number of amides is 1. The highest BCUT2D eigenvalue weighted by Gasteiger charge is 2.30. The SMILES string of the molecule is C=C(C#N)C(=O)N1CCC[C@@H](c2nc(-c3ccc(Oc4ccccc4)cc3F)c3c(N)nccn23)C1. The fraction of sp³-hybridized carbons (Fsp3) is 0.185. The van der Waals surface area contributed by atoms with Crippen LogP contribution in [-0.4, -0.2) is 38.3 Å². The Morgan fingerprint density at radius 2 is 2.03 bits per heavy atom. The monoisotopic (exact) mass is 482 g/mol. The third kappa shape index (κ3) is 4.25. The van der Waals surface area contributed by atoms with Gasteiger partial charge in [-0.2, -0.15) is 5.26 Å². The molecule has 0 aliphatic carbocycles. The average Bonchev–Trinajstić information content (AvgIpc) is 3.29. The number of ether oxygens (including phenoxy) is 1. The number of aromatic nitrogens is 3. The third-order valence-corrected chi connectivity index (χ3v) is 6.25. The number of nitrogens with two attached hydrogens (primary N) is 1. The molecule has 0 spiro atoms. The van der Waals surface area contributed by atoms with Gasteiger partial charge < -0.3 is 15.4 Å². The van der Waals surface area contributed by atoms with E-state index in [4.69, 9.17) is 20.7 Å². The van der Waals surface area contributed by atoms with Crippen molar-refractivity contribution in [1.29, 1.82) is 5.26 Å². The molecule has 0 unspecified atom stereocenters. The zero-order valence-electron chi connectivity index (χ0n) is 19.4. The van der Waals surface area contributed by atoms with Gasteiger partial charge in [-0.05, 0) is 37.1 Å². The maximum atomic E-state index is 15.4. The minimum Gasteiger partial charge on any atom is -0.457 e. The fourth-order valence-electron chi connectivity index (χ4n) is 4.55. The van der Waals surface area contributed by atoms with Gasteiger partial charge in [-0.3, -0.25) is 9.20 Å². The van der Waals surface area contributed by atoms with E-state index < -0.39 is 5.82 Å². The molecule has 3 heterocycles. The molecular formula is C27H23FN6O2. The predicted octanol–water partition coefficient (Wildman–Crippen LogP) is 4.70. The van der Waals surface area contributed by atoms with E-state index in [1.54, 1.807) is 41.6 Å². The van der Waals surface area contributed by atoms with Crippen LogP contribution in [0.3, 0.4) is 0 Å². The number of anilines is 1. The van der Waals surface area contributed by atoms with E-state index in [9.17, 15) is 4.79 Å². The molecule has 36 heavy (non-hydrogen) atoms. The lowest BCUT2D eigenvalue weighted by atomic mass is 9.96. The summed E-state index contributed by atoms with van der Waals surface area (Å²) in [6.45, 7) is 4.45. The molecule has 2 aromatic carbocycles. The number of likely N-dealkylation sites (tertiary alicyclic amines) is 1. The molecule has 1 aliphatic rings. The van der Waals surface area contributed by atoms with Crippen LogP contribution in [0.1, 0.15) is 24.6 Å². The first-order valence-corrected chi connectivity index (χ1v) is 11.5. The summed E-state index contributed by atoms with van der Waals surface area (Å²) >= 11 is 0. The molecule has 5 rings (SSSR count). The molecule has 0 saturated carbocycles. The van der Waals surface area contributed by atoms with Crippen LogP contribution in [0.4, 0.5) is 10.2 Å². The van der Waals surface area contributed by atoms with Gasteiger partial charge in [0.2, 0.25) is 0 Å². The maximum absolute atomic E-state index is 15.4. The van der Waals surface area contributed by atoms with Crippen molar-refractivity contribution in [2.75, 3.05) is 18.8 Å². The van der Waals surface area contributed by atoms with E-state index in [1.807, 2.05) is 28.7 Å². The second kappa shape index (κ2) is 9.50. The maximum Gasteiger partial charge on any atom is 0.263 e. The number of nitrogen functional groups attached to an aromatic ring is 1.